The number of thioether (sulfide) groups is 1. The molecule has 1 N–H and O–H groups in total. The van der Waals surface area contributed by atoms with Gasteiger partial charge in [0, 0.05) is 25.3 Å². The summed E-state index contributed by atoms with van der Waals surface area (Å²) >= 11 is 1.43. The summed E-state index contributed by atoms with van der Waals surface area (Å²) in [4.78, 5) is 8.32. The molecule has 0 saturated carbocycles. The van der Waals surface area contributed by atoms with Crippen molar-refractivity contribution in [3.8, 4) is 0 Å². The topological polar surface area (TPSA) is 72.0 Å². The van der Waals surface area contributed by atoms with E-state index < -0.39 is 9.84 Å². The molecule has 0 aliphatic heterocycles. The highest BCUT2D eigenvalue weighted by molar-refractivity contribution is 8.00. The van der Waals surface area contributed by atoms with Crippen molar-refractivity contribution in [2.24, 2.45) is 0 Å². The lowest BCUT2D eigenvalue weighted by atomic mass is 10.4. The number of hydrogen-bond acceptors (Lipinski definition) is 6. The van der Waals surface area contributed by atoms with Crippen molar-refractivity contribution in [2.75, 3.05) is 30.1 Å². The molecule has 0 radical (unpaired) electrons. The molecule has 0 unspecified atom stereocenters. The molecule has 1 aromatic rings. The van der Waals surface area contributed by atoms with E-state index in [1.54, 1.807) is 13.2 Å². The van der Waals surface area contributed by atoms with Crippen LogP contribution in [0.2, 0.25) is 0 Å². The van der Waals surface area contributed by atoms with Crippen LogP contribution in [0.15, 0.2) is 11.2 Å². The third-order valence-electron chi connectivity index (χ3n) is 1.84. The molecule has 0 amide bonds. The fourth-order valence-corrected chi connectivity index (χ4v) is 3.15. The number of aryl methyl sites for hydroxylation is 1. The van der Waals surface area contributed by atoms with E-state index in [1.807, 2.05) is 6.92 Å². The molecule has 1 aromatic heterocycles. The zero-order chi connectivity index (χ0) is 12.2. The smallest absolute Gasteiger partial charge is 0.223 e. The second-order valence-corrected chi connectivity index (χ2v) is 6.75. The summed E-state index contributed by atoms with van der Waals surface area (Å²) in [6.45, 7) is 1.90. The predicted molar refractivity (Wildman–Crippen MR) is 66.8 cm³/mol. The van der Waals surface area contributed by atoms with Crippen LogP contribution in [0.4, 0.5) is 5.95 Å². The molecular weight excluding hydrogens is 246 g/mol. The average molecular weight is 261 g/mol. The predicted octanol–water partition coefficient (Wildman–Crippen LogP) is 0.963. The largest absolute Gasteiger partial charge is 0.357 e. The van der Waals surface area contributed by atoms with E-state index in [0.29, 0.717) is 11.7 Å². The highest BCUT2D eigenvalue weighted by Gasteiger charge is 2.06. The van der Waals surface area contributed by atoms with Gasteiger partial charge in [0.2, 0.25) is 5.95 Å². The zero-order valence-corrected chi connectivity index (χ0v) is 11.2. The molecule has 5 nitrogen and oxygen atoms in total. The first-order chi connectivity index (χ1) is 7.42. The monoisotopic (exact) mass is 261 g/mol. The van der Waals surface area contributed by atoms with Gasteiger partial charge in [-0.05, 0) is 12.5 Å². The first kappa shape index (κ1) is 13.2. The van der Waals surface area contributed by atoms with Crippen molar-refractivity contribution in [1.29, 1.82) is 0 Å². The molecule has 0 aliphatic rings. The summed E-state index contributed by atoms with van der Waals surface area (Å²) in [6, 6.07) is 0. The summed E-state index contributed by atoms with van der Waals surface area (Å²) < 4.78 is 21.9. The molecule has 0 spiro atoms. The van der Waals surface area contributed by atoms with Crippen molar-refractivity contribution in [3.63, 3.8) is 0 Å². The van der Waals surface area contributed by atoms with Gasteiger partial charge in [-0.2, -0.15) is 0 Å². The normalized spacial score (nSPS) is 11.4. The Kier molecular flexibility index (Phi) is 4.55. The van der Waals surface area contributed by atoms with Gasteiger partial charge in [-0.3, -0.25) is 0 Å². The van der Waals surface area contributed by atoms with E-state index in [4.69, 9.17) is 0 Å². The van der Waals surface area contributed by atoms with Gasteiger partial charge in [-0.1, -0.05) is 0 Å². The Morgan fingerprint density at radius 2 is 2.19 bits per heavy atom. The molecule has 0 atom stereocenters. The molecule has 16 heavy (non-hydrogen) atoms. The fraction of sp³-hybridized carbons (Fsp3) is 0.556. The molecule has 0 saturated heterocycles. The molecule has 7 heteroatoms. The Labute approximate surface area is 100.0 Å². The molecule has 1 heterocycles. The van der Waals surface area contributed by atoms with Crippen LogP contribution in [0.3, 0.4) is 0 Å². The number of rotatable bonds is 5. The van der Waals surface area contributed by atoms with Crippen LogP contribution >= 0.6 is 11.8 Å². The van der Waals surface area contributed by atoms with Gasteiger partial charge in [0.05, 0.1) is 5.75 Å². The lowest BCUT2D eigenvalue weighted by Crippen LogP contribution is -2.06. The summed E-state index contributed by atoms with van der Waals surface area (Å²) in [5, 5.41) is 3.67. The van der Waals surface area contributed by atoms with Gasteiger partial charge in [-0.25, -0.2) is 18.4 Å². The SMILES string of the molecule is CNc1ncc(C)c(SCCS(C)(=O)=O)n1. The van der Waals surface area contributed by atoms with Gasteiger partial charge < -0.3 is 5.32 Å². The second kappa shape index (κ2) is 5.49. The van der Waals surface area contributed by atoms with Crippen LogP contribution in [0, 0.1) is 6.92 Å². The summed E-state index contributed by atoms with van der Waals surface area (Å²) in [5.41, 5.74) is 0.956. The molecule has 0 aromatic carbocycles. The third kappa shape index (κ3) is 4.36. The number of aromatic nitrogens is 2. The van der Waals surface area contributed by atoms with Crippen LogP contribution in [-0.2, 0) is 9.84 Å². The number of sulfone groups is 1. The highest BCUT2D eigenvalue weighted by Crippen LogP contribution is 2.20. The van der Waals surface area contributed by atoms with Gasteiger partial charge >= 0.3 is 0 Å². The van der Waals surface area contributed by atoms with Crippen LogP contribution in [0.5, 0.6) is 0 Å². The van der Waals surface area contributed by atoms with E-state index in [9.17, 15) is 8.42 Å². The fourth-order valence-electron chi connectivity index (χ4n) is 0.983. The maximum atomic E-state index is 11.0. The minimum Gasteiger partial charge on any atom is -0.357 e. The van der Waals surface area contributed by atoms with Gasteiger partial charge in [-0.15, -0.1) is 11.8 Å². The van der Waals surface area contributed by atoms with Crippen molar-refractivity contribution < 1.29 is 8.42 Å². The molecular formula is C9H15N3O2S2. The Hall–Kier alpha value is -0.820. The third-order valence-corrected chi connectivity index (χ3v) is 4.14. The van der Waals surface area contributed by atoms with Crippen LogP contribution < -0.4 is 5.32 Å². The van der Waals surface area contributed by atoms with E-state index in [-0.39, 0.29) is 5.75 Å². The number of anilines is 1. The molecule has 0 fully saturated rings. The minimum atomic E-state index is -2.90. The lowest BCUT2D eigenvalue weighted by molar-refractivity contribution is 0.603. The van der Waals surface area contributed by atoms with E-state index in [2.05, 4.69) is 15.3 Å². The lowest BCUT2D eigenvalue weighted by Gasteiger charge is -2.05. The number of hydrogen-bond donors (Lipinski definition) is 1. The molecule has 0 bridgehead atoms. The maximum absolute atomic E-state index is 11.0. The highest BCUT2D eigenvalue weighted by atomic mass is 32.2. The summed E-state index contributed by atoms with van der Waals surface area (Å²) in [5.74, 6) is 1.22. The Morgan fingerprint density at radius 1 is 1.50 bits per heavy atom. The first-order valence-corrected chi connectivity index (χ1v) is 7.79. The Morgan fingerprint density at radius 3 is 2.75 bits per heavy atom. The second-order valence-electron chi connectivity index (χ2n) is 3.41. The van der Waals surface area contributed by atoms with Crippen molar-refractivity contribution in [2.45, 2.75) is 11.9 Å². The van der Waals surface area contributed by atoms with Gasteiger partial charge in [0.15, 0.2) is 0 Å². The van der Waals surface area contributed by atoms with Crippen LogP contribution in [0.25, 0.3) is 0 Å². The Balaban J connectivity index is 2.66. The van der Waals surface area contributed by atoms with E-state index >= 15 is 0 Å². The molecule has 90 valence electrons. The maximum Gasteiger partial charge on any atom is 0.223 e. The van der Waals surface area contributed by atoms with Crippen LogP contribution in [0.1, 0.15) is 5.56 Å². The molecule has 1 rings (SSSR count). The quantitative estimate of drug-likeness (QED) is 0.629. The number of nitrogens with one attached hydrogen (secondary N) is 1. The van der Waals surface area contributed by atoms with Crippen molar-refractivity contribution in [1.82, 2.24) is 9.97 Å². The van der Waals surface area contributed by atoms with E-state index in [0.717, 1.165) is 10.6 Å². The summed E-state index contributed by atoms with van der Waals surface area (Å²) in [7, 11) is -1.16. The van der Waals surface area contributed by atoms with E-state index in [1.165, 1.54) is 18.0 Å². The number of nitrogens with zero attached hydrogens (tertiary/aromatic N) is 2. The average Bonchev–Trinajstić information content (AvgIpc) is 2.19. The van der Waals surface area contributed by atoms with Crippen molar-refractivity contribution in [3.05, 3.63) is 11.8 Å². The van der Waals surface area contributed by atoms with Gasteiger partial charge in [0.25, 0.3) is 0 Å². The first-order valence-electron chi connectivity index (χ1n) is 4.74. The van der Waals surface area contributed by atoms with Crippen molar-refractivity contribution >= 4 is 27.5 Å². The standard InChI is InChI=1S/C9H15N3O2S2/c1-7-6-11-9(10-2)12-8(7)15-4-5-16(3,13)14/h6H,4-5H2,1-3H3,(H,10,11,12). The zero-order valence-electron chi connectivity index (χ0n) is 9.52. The minimum absolute atomic E-state index is 0.163. The molecule has 0 aliphatic carbocycles. The van der Waals surface area contributed by atoms with Gasteiger partial charge in [0.1, 0.15) is 14.9 Å². The Bertz CT molecular complexity index is 460. The summed E-state index contributed by atoms with van der Waals surface area (Å²) in [6.07, 6.45) is 2.96. The van der Waals surface area contributed by atoms with Crippen LogP contribution in [-0.4, -0.2) is 43.2 Å².